The van der Waals surface area contributed by atoms with E-state index in [2.05, 4.69) is 31.8 Å². The van der Waals surface area contributed by atoms with Crippen molar-refractivity contribution in [3.8, 4) is 11.5 Å². The van der Waals surface area contributed by atoms with E-state index in [1.54, 1.807) is 30.3 Å². The number of benzene rings is 2. The van der Waals surface area contributed by atoms with Gasteiger partial charge in [-0.1, -0.05) is 34.1 Å². The second-order valence-electron chi connectivity index (χ2n) is 6.25. The molecule has 0 fully saturated rings. The smallest absolute Gasteiger partial charge is 0.329 e. The maximum absolute atomic E-state index is 11.9. The molecule has 0 radical (unpaired) electrons. The van der Waals surface area contributed by atoms with Crippen LogP contribution in [0, 0.1) is 0 Å². The number of halogens is 1. The summed E-state index contributed by atoms with van der Waals surface area (Å²) < 4.78 is 17.4. The zero-order chi connectivity index (χ0) is 22.1. The molecule has 160 valence electrons. The van der Waals surface area contributed by atoms with E-state index >= 15 is 0 Å². The van der Waals surface area contributed by atoms with Crippen LogP contribution in [0.15, 0.2) is 74.9 Å². The highest BCUT2D eigenvalue weighted by molar-refractivity contribution is 9.10. The maximum Gasteiger partial charge on any atom is 0.329 e. The lowest BCUT2D eigenvalue weighted by molar-refractivity contribution is -0.139. The number of hydrogen-bond donors (Lipinski definition) is 2. The van der Waals surface area contributed by atoms with Gasteiger partial charge in [-0.3, -0.25) is 9.59 Å². The fraction of sp³-hybridized carbons (Fsp3) is 0.136. The Labute approximate surface area is 187 Å². The number of para-hydroxylation sites is 1. The molecule has 31 heavy (non-hydrogen) atoms. The summed E-state index contributed by atoms with van der Waals surface area (Å²) in [5.74, 6) is -0.209. The van der Waals surface area contributed by atoms with Gasteiger partial charge in [0.2, 0.25) is 0 Å². The molecule has 8 nitrogen and oxygen atoms in total. The Morgan fingerprint density at radius 2 is 1.90 bits per heavy atom. The standard InChI is InChI=1S/C22H20BrN3O5/c1-29-19-6-2-4-16(20(19)31-14-15-7-9-17(23)10-8-15)12-25-26-22(28)21(27)24-13-18-5-3-11-30-18/h2-12H,13-14H2,1H3,(H,24,27)(H,26,28)/b25-12-. The van der Waals surface area contributed by atoms with Gasteiger partial charge in [-0.05, 0) is 42.0 Å². The van der Waals surface area contributed by atoms with Crippen LogP contribution in [0.3, 0.4) is 0 Å². The van der Waals surface area contributed by atoms with Crippen LogP contribution in [0.4, 0.5) is 0 Å². The molecule has 0 saturated heterocycles. The molecule has 0 saturated carbocycles. The highest BCUT2D eigenvalue weighted by Gasteiger charge is 2.13. The third-order valence-electron chi connectivity index (χ3n) is 4.10. The van der Waals surface area contributed by atoms with Crippen LogP contribution in [-0.4, -0.2) is 25.1 Å². The van der Waals surface area contributed by atoms with Crippen molar-refractivity contribution in [3.63, 3.8) is 0 Å². The van der Waals surface area contributed by atoms with Gasteiger partial charge in [0, 0.05) is 10.0 Å². The summed E-state index contributed by atoms with van der Waals surface area (Å²) in [6.07, 6.45) is 2.87. The first-order chi connectivity index (χ1) is 15.1. The van der Waals surface area contributed by atoms with Crippen LogP contribution in [0.25, 0.3) is 0 Å². The number of amides is 2. The largest absolute Gasteiger partial charge is 0.493 e. The lowest BCUT2D eigenvalue weighted by atomic mass is 10.2. The molecule has 2 amide bonds. The first-order valence-electron chi connectivity index (χ1n) is 9.24. The Morgan fingerprint density at radius 3 is 2.61 bits per heavy atom. The molecule has 2 aromatic carbocycles. The van der Waals surface area contributed by atoms with Gasteiger partial charge in [0.25, 0.3) is 0 Å². The molecule has 0 spiro atoms. The molecule has 0 unspecified atom stereocenters. The van der Waals surface area contributed by atoms with Gasteiger partial charge in [0.05, 0.1) is 26.1 Å². The van der Waals surface area contributed by atoms with E-state index < -0.39 is 11.8 Å². The Hall–Kier alpha value is -3.59. The summed E-state index contributed by atoms with van der Waals surface area (Å²) in [5.41, 5.74) is 3.74. The molecule has 1 aromatic heterocycles. The van der Waals surface area contributed by atoms with Gasteiger partial charge in [0.15, 0.2) is 11.5 Å². The third-order valence-corrected chi connectivity index (χ3v) is 4.63. The highest BCUT2D eigenvalue weighted by Crippen LogP contribution is 2.31. The maximum atomic E-state index is 11.9. The monoisotopic (exact) mass is 485 g/mol. The number of nitrogens with zero attached hydrogens (tertiary/aromatic N) is 1. The fourth-order valence-electron chi connectivity index (χ4n) is 2.56. The molecule has 0 aliphatic carbocycles. The second-order valence-corrected chi connectivity index (χ2v) is 7.17. The molecule has 1 heterocycles. The van der Waals surface area contributed by atoms with E-state index in [0.717, 1.165) is 10.0 Å². The van der Waals surface area contributed by atoms with E-state index in [1.807, 2.05) is 24.3 Å². The Morgan fingerprint density at radius 1 is 1.10 bits per heavy atom. The number of nitrogens with one attached hydrogen (secondary N) is 2. The Balaban J connectivity index is 1.61. The van der Waals surface area contributed by atoms with Crippen LogP contribution >= 0.6 is 15.9 Å². The van der Waals surface area contributed by atoms with Crippen molar-refractivity contribution in [2.24, 2.45) is 5.10 Å². The van der Waals surface area contributed by atoms with Crippen molar-refractivity contribution >= 4 is 34.0 Å². The summed E-state index contributed by atoms with van der Waals surface area (Å²) in [7, 11) is 1.54. The van der Waals surface area contributed by atoms with Crippen LogP contribution in [0.1, 0.15) is 16.9 Å². The van der Waals surface area contributed by atoms with Gasteiger partial charge in [-0.2, -0.15) is 5.10 Å². The van der Waals surface area contributed by atoms with Crippen molar-refractivity contribution in [2.75, 3.05) is 7.11 Å². The number of hydrogen-bond acceptors (Lipinski definition) is 6. The molecular weight excluding hydrogens is 466 g/mol. The summed E-state index contributed by atoms with van der Waals surface area (Å²) in [4.78, 5) is 23.8. The average molecular weight is 486 g/mol. The minimum absolute atomic E-state index is 0.104. The number of carbonyl (C=O) groups is 2. The number of carbonyl (C=O) groups excluding carboxylic acids is 2. The highest BCUT2D eigenvalue weighted by atomic mass is 79.9. The molecule has 0 aliphatic rings. The number of methoxy groups -OCH3 is 1. The van der Waals surface area contributed by atoms with Gasteiger partial charge in [-0.25, -0.2) is 5.43 Å². The van der Waals surface area contributed by atoms with E-state index in [-0.39, 0.29) is 6.54 Å². The van der Waals surface area contributed by atoms with Crippen molar-refractivity contribution < 1.29 is 23.5 Å². The Bertz CT molecular complexity index is 1050. The van der Waals surface area contributed by atoms with E-state index in [1.165, 1.54) is 19.6 Å². The van der Waals surface area contributed by atoms with E-state index in [9.17, 15) is 9.59 Å². The van der Waals surface area contributed by atoms with Crippen molar-refractivity contribution in [3.05, 3.63) is 82.2 Å². The lowest BCUT2D eigenvalue weighted by Gasteiger charge is -2.13. The number of rotatable bonds is 8. The minimum atomic E-state index is -0.900. The summed E-state index contributed by atoms with van der Waals surface area (Å²) >= 11 is 3.40. The van der Waals surface area contributed by atoms with Crippen LogP contribution < -0.4 is 20.2 Å². The molecule has 0 aliphatic heterocycles. The van der Waals surface area contributed by atoms with E-state index in [4.69, 9.17) is 13.9 Å². The fourth-order valence-corrected chi connectivity index (χ4v) is 2.82. The zero-order valence-electron chi connectivity index (χ0n) is 16.6. The van der Waals surface area contributed by atoms with E-state index in [0.29, 0.717) is 29.4 Å². The van der Waals surface area contributed by atoms with Gasteiger partial charge < -0.3 is 19.2 Å². The summed E-state index contributed by atoms with van der Waals surface area (Å²) in [6.45, 7) is 0.420. The molecule has 9 heteroatoms. The molecule has 3 aromatic rings. The molecule has 0 atom stereocenters. The molecule has 0 bridgehead atoms. The molecule has 3 rings (SSSR count). The van der Waals surface area contributed by atoms with Gasteiger partial charge in [-0.15, -0.1) is 0 Å². The zero-order valence-corrected chi connectivity index (χ0v) is 18.2. The average Bonchev–Trinajstić information content (AvgIpc) is 3.31. The SMILES string of the molecule is COc1cccc(/C=N\NC(=O)C(=O)NCc2ccco2)c1OCc1ccc(Br)cc1. The van der Waals surface area contributed by atoms with Crippen LogP contribution in [0.2, 0.25) is 0 Å². The quantitative estimate of drug-likeness (QED) is 0.289. The van der Waals surface area contributed by atoms with Crippen molar-refractivity contribution in [1.82, 2.24) is 10.7 Å². The third kappa shape index (κ3) is 6.45. The number of furan rings is 1. The van der Waals surface area contributed by atoms with Crippen molar-refractivity contribution in [2.45, 2.75) is 13.2 Å². The normalized spacial score (nSPS) is 10.6. The van der Waals surface area contributed by atoms with Crippen LogP contribution in [-0.2, 0) is 22.7 Å². The second kappa shape index (κ2) is 11.0. The summed E-state index contributed by atoms with van der Waals surface area (Å²) in [5, 5.41) is 6.30. The van der Waals surface area contributed by atoms with Crippen LogP contribution in [0.5, 0.6) is 11.5 Å². The topological polar surface area (TPSA) is 102 Å². The predicted molar refractivity (Wildman–Crippen MR) is 118 cm³/mol. The number of ether oxygens (including phenoxy) is 2. The van der Waals surface area contributed by atoms with Gasteiger partial charge >= 0.3 is 11.8 Å². The predicted octanol–water partition coefficient (Wildman–Crippen LogP) is 3.40. The molecular formula is C22H20BrN3O5. The number of hydrazone groups is 1. The molecule has 2 N–H and O–H groups in total. The Kier molecular flexibility index (Phi) is 7.83. The minimum Gasteiger partial charge on any atom is -0.493 e. The van der Waals surface area contributed by atoms with Crippen molar-refractivity contribution in [1.29, 1.82) is 0 Å². The lowest BCUT2D eigenvalue weighted by Crippen LogP contribution is -2.37. The summed E-state index contributed by atoms with van der Waals surface area (Å²) in [6, 6.07) is 16.4. The van der Waals surface area contributed by atoms with Gasteiger partial charge in [0.1, 0.15) is 12.4 Å². The first-order valence-corrected chi connectivity index (χ1v) is 10.0. The first kappa shape index (κ1) is 22.1.